The number of hydrogen-bond donors (Lipinski definition) is 4. The van der Waals surface area contributed by atoms with E-state index in [0.717, 1.165) is 12.1 Å². The van der Waals surface area contributed by atoms with Crippen LogP contribution in [0.4, 0.5) is 20.4 Å². The maximum absolute atomic E-state index is 13.7. The maximum atomic E-state index is 13.7. The number of nitrogens with zero attached hydrogens (tertiary/aromatic N) is 3. The fraction of sp³-hybridized carbons (Fsp3) is 0.333. The first-order valence-electron chi connectivity index (χ1n) is 8.93. The molecule has 1 aromatic heterocycles. The Bertz CT molecular complexity index is 879. The average molecular weight is 407 g/mol. The van der Waals surface area contributed by atoms with Crippen molar-refractivity contribution in [3.05, 3.63) is 47.3 Å². The lowest BCUT2D eigenvalue weighted by Crippen LogP contribution is -2.34. The average Bonchev–Trinajstić information content (AvgIpc) is 2.66. The summed E-state index contributed by atoms with van der Waals surface area (Å²) in [5.41, 5.74) is 16.5. The highest BCUT2D eigenvalue weighted by Gasteiger charge is 2.20. The van der Waals surface area contributed by atoms with Crippen molar-refractivity contribution in [2.24, 2.45) is 11.5 Å². The number of hydrogen-bond acceptors (Lipinski definition) is 7. The van der Waals surface area contributed by atoms with E-state index in [-0.39, 0.29) is 29.3 Å². The van der Waals surface area contributed by atoms with Gasteiger partial charge in [0.25, 0.3) is 11.8 Å². The molecule has 29 heavy (non-hydrogen) atoms. The minimum atomic E-state index is -0.936. The van der Waals surface area contributed by atoms with E-state index in [1.807, 2.05) is 0 Å². The van der Waals surface area contributed by atoms with Crippen LogP contribution in [0.2, 0.25) is 0 Å². The van der Waals surface area contributed by atoms with Gasteiger partial charge in [-0.05, 0) is 31.5 Å². The molecular weight excluding hydrogens is 384 g/mol. The van der Waals surface area contributed by atoms with Crippen molar-refractivity contribution >= 4 is 23.5 Å². The summed E-state index contributed by atoms with van der Waals surface area (Å²) in [7, 11) is 0. The molecule has 2 rings (SSSR count). The smallest absolute Gasteiger partial charge is 0.256 e. The summed E-state index contributed by atoms with van der Waals surface area (Å²) in [4.78, 5) is 33.5. The van der Waals surface area contributed by atoms with Crippen LogP contribution in [-0.4, -0.2) is 48.0 Å². The Morgan fingerprint density at radius 3 is 2.52 bits per heavy atom. The van der Waals surface area contributed by atoms with Gasteiger partial charge < -0.3 is 27.4 Å². The van der Waals surface area contributed by atoms with Crippen molar-refractivity contribution in [2.75, 3.05) is 36.8 Å². The summed E-state index contributed by atoms with van der Waals surface area (Å²) in [6.45, 7) is 1.50. The fourth-order valence-electron chi connectivity index (χ4n) is 2.71. The molecule has 0 saturated heterocycles. The van der Waals surface area contributed by atoms with Crippen molar-refractivity contribution in [3.63, 3.8) is 0 Å². The molecular formula is C18H23F2N7O2. The van der Waals surface area contributed by atoms with Crippen molar-refractivity contribution in [2.45, 2.75) is 12.8 Å². The topological polar surface area (TPSA) is 153 Å². The van der Waals surface area contributed by atoms with Gasteiger partial charge in [-0.15, -0.1) is 0 Å². The summed E-state index contributed by atoms with van der Waals surface area (Å²) in [5.74, 6) is -2.84. The SMILES string of the molecule is NCCCN(CCCNC(=O)c1ccc(F)cc1F)c1ncnc(N)c1C(N)=O. The number of nitrogens with one attached hydrogen (secondary N) is 1. The lowest BCUT2D eigenvalue weighted by Gasteiger charge is -2.25. The first kappa shape index (κ1) is 22.0. The van der Waals surface area contributed by atoms with E-state index in [0.29, 0.717) is 38.5 Å². The van der Waals surface area contributed by atoms with Crippen LogP contribution in [0.1, 0.15) is 33.6 Å². The first-order chi connectivity index (χ1) is 13.8. The fourth-order valence-corrected chi connectivity index (χ4v) is 2.71. The second kappa shape index (κ2) is 10.3. The standard InChI is InChI=1S/C18H23F2N7O2/c19-11-3-4-12(13(20)9-11)18(29)24-6-2-8-27(7-1-5-21)17-14(16(23)28)15(22)25-10-26-17/h3-4,9-10H,1-2,5-8,21H2,(H2,23,28)(H,24,29)(H2,22,25,26). The van der Waals surface area contributed by atoms with E-state index in [1.54, 1.807) is 4.90 Å². The molecule has 0 atom stereocenters. The number of carbonyl (C=O) groups is 2. The van der Waals surface area contributed by atoms with E-state index >= 15 is 0 Å². The maximum Gasteiger partial charge on any atom is 0.256 e. The van der Waals surface area contributed by atoms with Crippen LogP contribution in [0.3, 0.4) is 0 Å². The highest BCUT2D eigenvalue weighted by atomic mass is 19.1. The van der Waals surface area contributed by atoms with Crippen molar-refractivity contribution in [3.8, 4) is 0 Å². The molecule has 0 aliphatic carbocycles. The second-order valence-electron chi connectivity index (χ2n) is 6.18. The monoisotopic (exact) mass is 407 g/mol. The van der Waals surface area contributed by atoms with E-state index in [2.05, 4.69) is 15.3 Å². The number of anilines is 2. The third-order valence-corrected chi connectivity index (χ3v) is 4.10. The Morgan fingerprint density at radius 2 is 1.86 bits per heavy atom. The number of benzene rings is 1. The van der Waals surface area contributed by atoms with E-state index in [4.69, 9.17) is 17.2 Å². The lowest BCUT2D eigenvalue weighted by atomic mass is 10.2. The Morgan fingerprint density at radius 1 is 1.14 bits per heavy atom. The van der Waals surface area contributed by atoms with E-state index in [1.165, 1.54) is 6.33 Å². The molecule has 2 aromatic rings. The van der Waals surface area contributed by atoms with Gasteiger partial charge in [0, 0.05) is 25.7 Å². The van der Waals surface area contributed by atoms with Gasteiger partial charge >= 0.3 is 0 Å². The van der Waals surface area contributed by atoms with Crippen molar-refractivity contribution < 1.29 is 18.4 Å². The molecule has 11 heteroatoms. The van der Waals surface area contributed by atoms with Gasteiger partial charge in [-0.25, -0.2) is 18.7 Å². The number of carbonyl (C=O) groups excluding carboxylic acids is 2. The second-order valence-corrected chi connectivity index (χ2v) is 6.18. The quantitative estimate of drug-likeness (QED) is 0.416. The van der Waals surface area contributed by atoms with E-state index in [9.17, 15) is 18.4 Å². The van der Waals surface area contributed by atoms with Gasteiger partial charge in [-0.2, -0.15) is 0 Å². The number of rotatable bonds is 10. The van der Waals surface area contributed by atoms with Crippen LogP contribution in [0.15, 0.2) is 24.5 Å². The minimum Gasteiger partial charge on any atom is -0.383 e. The predicted molar refractivity (Wildman–Crippen MR) is 104 cm³/mol. The molecule has 0 aliphatic heterocycles. The molecule has 2 amide bonds. The van der Waals surface area contributed by atoms with Gasteiger partial charge in [0.2, 0.25) is 0 Å². The van der Waals surface area contributed by atoms with Crippen LogP contribution in [0.5, 0.6) is 0 Å². The molecule has 0 radical (unpaired) electrons. The van der Waals surface area contributed by atoms with Crippen LogP contribution in [0, 0.1) is 11.6 Å². The van der Waals surface area contributed by atoms with Gasteiger partial charge in [0.15, 0.2) is 0 Å². The van der Waals surface area contributed by atoms with Crippen LogP contribution >= 0.6 is 0 Å². The molecule has 0 spiro atoms. The molecule has 9 nitrogen and oxygen atoms in total. The summed E-state index contributed by atoms with van der Waals surface area (Å²) in [6, 6.07) is 2.74. The molecule has 0 saturated carbocycles. The predicted octanol–water partition coefficient (Wildman–Crippen LogP) is 0.411. The molecule has 1 heterocycles. The number of nitrogen functional groups attached to an aromatic ring is 1. The normalized spacial score (nSPS) is 10.6. The Labute approximate surface area is 166 Å². The van der Waals surface area contributed by atoms with Gasteiger partial charge in [-0.1, -0.05) is 0 Å². The van der Waals surface area contributed by atoms with Gasteiger partial charge in [0.05, 0.1) is 5.56 Å². The molecule has 156 valence electrons. The highest BCUT2D eigenvalue weighted by molar-refractivity contribution is 6.01. The van der Waals surface area contributed by atoms with Crippen molar-refractivity contribution in [1.82, 2.24) is 15.3 Å². The highest BCUT2D eigenvalue weighted by Crippen LogP contribution is 2.21. The molecule has 7 N–H and O–H groups in total. The summed E-state index contributed by atoms with van der Waals surface area (Å²) < 4.78 is 26.6. The minimum absolute atomic E-state index is 0.0157. The van der Waals surface area contributed by atoms with Gasteiger partial charge in [-0.3, -0.25) is 9.59 Å². The number of primary amides is 1. The van der Waals surface area contributed by atoms with Gasteiger partial charge in [0.1, 0.15) is 35.2 Å². The van der Waals surface area contributed by atoms with Crippen molar-refractivity contribution in [1.29, 1.82) is 0 Å². The molecule has 1 aromatic carbocycles. The molecule has 0 aliphatic rings. The summed E-state index contributed by atoms with van der Waals surface area (Å²) in [5, 5.41) is 2.57. The molecule has 0 bridgehead atoms. The van der Waals surface area contributed by atoms with Crippen LogP contribution < -0.4 is 27.4 Å². The summed E-state index contributed by atoms with van der Waals surface area (Å²) in [6.07, 6.45) is 2.29. The Balaban J connectivity index is 2.02. The van der Waals surface area contributed by atoms with Crippen LogP contribution in [0.25, 0.3) is 0 Å². The van der Waals surface area contributed by atoms with E-state index < -0.39 is 23.4 Å². The molecule has 0 unspecified atom stereocenters. The van der Waals surface area contributed by atoms with Crippen LogP contribution in [-0.2, 0) is 0 Å². The third kappa shape index (κ3) is 5.82. The largest absolute Gasteiger partial charge is 0.383 e. The lowest BCUT2D eigenvalue weighted by molar-refractivity contribution is 0.0948. The third-order valence-electron chi connectivity index (χ3n) is 4.10. The molecule has 0 fully saturated rings. The number of amides is 2. The zero-order valence-electron chi connectivity index (χ0n) is 15.7. The zero-order valence-corrected chi connectivity index (χ0v) is 15.7. The first-order valence-corrected chi connectivity index (χ1v) is 8.93. The number of halogens is 2. The zero-order chi connectivity index (χ0) is 21.4. The summed E-state index contributed by atoms with van der Waals surface area (Å²) >= 11 is 0. The number of nitrogens with two attached hydrogens (primary N) is 3. The Kier molecular flexibility index (Phi) is 7.78. The Hall–Kier alpha value is -3.34. The number of aromatic nitrogens is 2.